The molecule has 0 spiro atoms. The molecule has 164 valence electrons. The molecule has 4 aromatic rings. The molecular weight excluding hydrogens is 446 g/mol. The van der Waals surface area contributed by atoms with Gasteiger partial charge >= 0.3 is 0 Å². The molecule has 7 nitrogen and oxygen atoms in total. The van der Waals surface area contributed by atoms with E-state index in [1.54, 1.807) is 49.6 Å². The molecule has 1 aromatic heterocycles. The van der Waals surface area contributed by atoms with Crippen LogP contribution in [0.15, 0.2) is 82.7 Å². The van der Waals surface area contributed by atoms with Gasteiger partial charge in [0.2, 0.25) is 0 Å². The molecule has 3 aromatic carbocycles. The van der Waals surface area contributed by atoms with Gasteiger partial charge in [-0.3, -0.25) is 9.52 Å². The number of aryl methyl sites for hydroxylation is 1. The number of aromatic nitrogens is 1. The maximum Gasteiger partial charge on any atom is 0.279 e. The molecule has 0 radical (unpaired) electrons. The number of carbonyl (C=O) groups is 1. The van der Waals surface area contributed by atoms with Gasteiger partial charge < -0.3 is 9.30 Å². The highest BCUT2D eigenvalue weighted by molar-refractivity contribution is 7.92. The van der Waals surface area contributed by atoms with E-state index < -0.39 is 15.9 Å². The lowest BCUT2D eigenvalue weighted by atomic mass is 10.2. The number of carbonyl (C=O) groups excluding carboxylic acids is 1. The third-order valence-electron chi connectivity index (χ3n) is 4.84. The first kappa shape index (κ1) is 21.8. The first-order valence-corrected chi connectivity index (χ1v) is 12.2. The van der Waals surface area contributed by atoms with Crippen molar-refractivity contribution in [1.82, 2.24) is 4.57 Å². The fraction of sp³-hybridized carbons (Fsp3) is 0.130. The van der Waals surface area contributed by atoms with E-state index in [-0.39, 0.29) is 4.90 Å². The SMILES string of the molecule is CCn1c(=NC(=O)c2ccc(NS(=O)(=O)c3ccccc3)cc2)sc2cc(OC)ccc21. The Labute approximate surface area is 189 Å². The molecule has 0 fully saturated rings. The first-order chi connectivity index (χ1) is 15.4. The van der Waals surface area contributed by atoms with E-state index in [0.29, 0.717) is 22.6 Å². The molecule has 32 heavy (non-hydrogen) atoms. The van der Waals surface area contributed by atoms with Gasteiger partial charge in [-0.15, -0.1) is 0 Å². The number of methoxy groups -OCH3 is 1. The lowest BCUT2D eigenvalue weighted by Gasteiger charge is -2.08. The predicted molar refractivity (Wildman–Crippen MR) is 126 cm³/mol. The zero-order chi connectivity index (χ0) is 22.7. The fourth-order valence-electron chi connectivity index (χ4n) is 3.22. The molecular formula is C23H21N3O4S2. The molecule has 0 saturated carbocycles. The number of hydrogen-bond acceptors (Lipinski definition) is 5. The van der Waals surface area contributed by atoms with E-state index in [1.165, 1.54) is 23.5 Å². The zero-order valence-electron chi connectivity index (χ0n) is 17.5. The molecule has 0 saturated heterocycles. The monoisotopic (exact) mass is 467 g/mol. The van der Waals surface area contributed by atoms with Crippen molar-refractivity contribution < 1.29 is 17.9 Å². The van der Waals surface area contributed by atoms with Crippen LogP contribution in [0.3, 0.4) is 0 Å². The van der Waals surface area contributed by atoms with E-state index in [9.17, 15) is 13.2 Å². The molecule has 0 aliphatic rings. The normalized spacial score (nSPS) is 12.1. The Morgan fingerprint density at radius 1 is 1.06 bits per heavy atom. The van der Waals surface area contributed by atoms with Crippen molar-refractivity contribution in [2.45, 2.75) is 18.4 Å². The second-order valence-corrected chi connectivity index (χ2v) is 9.57. The van der Waals surface area contributed by atoms with E-state index in [1.807, 2.05) is 29.7 Å². The largest absolute Gasteiger partial charge is 0.497 e. The van der Waals surface area contributed by atoms with Gasteiger partial charge in [-0.1, -0.05) is 29.5 Å². The van der Waals surface area contributed by atoms with Gasteiger partial charge in [0.25, 0.3) is 15.9 Å². The van der Waals surface area contributed by atoms with Crippen LogP contribution in [-0.4, -0.2) is 26.0 Å². The van der Waals surface area contributed by atoms with Crippen LogP contribution < -0.4 is 14.3 Å². The lowest BCUT2D eigenvalue weighted by molar-refractivity contribution is 0.0998. The quantitative estimate of drug-likeness (QED) is 0.459. The summed E-state index contributed by atoms with van der Waals surface area (Å²) in [4.78, 5) is 17.8. The minimum absolute atomic E-state index is 0.167. The van der Waals surface area contributed by atoms with Crippen molar-refractivity contribution in [3.05, 3.63) is 83.2 Å². The minimum atomic E-state index is -3.69. The summed E-state index contributed by atoms with van der Waals surface area (Å²) in [6.45, 7) is 2.66. The summed E-state index contributed by atoms with van der Waals surface area (Å²) in [7, 11) is -2.08. The Hall–Kier alpha value is -3.43. The number of amides is 1. The maximum absolute atomic E-state index is 12.8. The summed E-state index contributed by atoms with van der Waals surface area (Å²) in [5, 5.41) is 0. The predicted octanol–water partition coefficient (Wildman–Crippen LogP) is 4.27. The van der Waals surface area contributed by atoms with Crippen LogP contribution in [-0.2, 0) is 16.6 Å². The summed E-state index contributed by atoms with van der Waals surface area (Å²) in [6, 6.07) is 20.1. The topological polar surface area (TPSA) is 89.8 Å². The molecule has 9 heteroatoms. The van der Waals surface area contributed by atoms with E-state index in [4.69, 9.17) is 4.74 Å². The molecule has 0 aliphatic heterocycles. The Kier molecular flexibility index (Phi) is 6.11. The number of nitrogens with zero attached hydrogens (tertiary/aromatic N) is 2. The zero-order valence-corrected chi connectivity index (χ0v) is 19.1. The van der Waals surface area contributed by atoms with Crippen LogP contribution in [0.2, 0.25) is 0 Å². The average molecular weight is 468 g/mol. The molecule has 1 amide bonds. The number of ether oxygens (including phenoxy) is 1. The van der Waals surface area contributed by atoms with Gasteiger partial charge in [0.15, 0.2) is 4.80 Å². The van der Waals surface area contributed by atoms with E-state index >= 15 is 0 Å². The highest BCUT2D eigenvalue weighted by Crippen LogP contribution is 2.23. The van der Waals surface area contributed by atoms with Crippen LogP contribution in [0.1, 0.15) is 17.3 Å². The van der Waals surface area contributed by atoms with Crippen molar-refractivity contribution in [2.24, 2.45) is 4.99 Å². The summed E-state index contributed by atoms with van der Waals surface area (Å²) < 4.78 is 35.7. The standard InChI is InChI=1S/C23H21N3O4S2/c1-3-26-20-14-13-18(30-2)15-21(20)31-23(26)24-22(27)16-9-11-17(12-10-16)25-32(28,29)19-7-5-4-6-8-19/h4-15,25H,3H2,1-2H3. The molecule has 1 heterocycles. The van der Waals surface area contributed by atoms with Crippen LogP contribution in [0.5, 0.6) is 5.75 Å². The Balaban J connectivity index is 1.60. The number of sulfonamides is 1. The molecule has 0 unspecified atom stereocenters. The van der Waals surface area contributed by atoms with Crippen molar-refractivity contribution in [2.75, 3.05) is 11.8 Å². The van der Waals surface area contributed by atoms with Gasteiger partial charge in [-0.25, -0.2) is 8.42 Å². The molecule has 0 atom stereocenters. The van der Waals surface area contributed by atoms with E-state index in [0.717, 1.165) is 16.0 Å². The van der Waals surface area contributed by atoms with Crippen LogP contribution in [0.25, 0.3) is 10.2 Å². The van der Waals surface area contributed by atoms with Gasteiger partial charge in [-0.05, 0) is 61.5 Å². The summed E-state index contributed by atoms with van der Waals surface area (Å²) >= 11 is 1.41. The molecule has 0 bridgehead atoms. The highest BCUT2D eigenvalue weighted by atomic mass is 32.2. The summed E-state index contributed by atoms with van der Waals surface area (Å²) in [5.41, 5.74) is 1.71. The van der Waals surface area contributed by atoms with Crippen molar-refractivity contribution in [3.8, 4) is 5.75 Å². The van der Waals surface area contributed by atoms with Crippen LogP contribution in [0, 0.1) is 0 Å². The highest BCUT2D eigenvalue weighted by Gasteiger charge is 2.14. The number of rotatable bonds is 6. The first-order valence-electron chi connectivity index (χ1n) is 9.85. The van der Waals surface area contributed by atoms with Crippen molar-refractivity contribution in [3.63, 3.8) is 0 Å². The third-order valence-corrected chi connectivity index (χ3v) is 7.28. The Bertz CT molecular complexity index is 1440. The number of hydrogen-bond donors (Lipinski definition) is 1. The van der Waals surface area contributed by atoms with Crippen LogP contribution >= 0.6 is 11.3 Å². The summed E-state index contributed by atoms with van der Waals surface area (Å²) in [5.74, 6) is 0.344. The van der Waals surface area contributed by atoms with Crippen LogP contribution in [0.4, 0.5) is 5.69 Å². The number of nitrogens with one attached hydrogen (secondary N) is 1. The maximum atomic E-state index is 12.8. The third kappa shape index (κ3) is 4.44. The number of benzene rings is 3. The Morgan fingerprint density at radius 2 is 1.78 bits per heavy atom. The second-order valence-electron chi connectivity index (χ2n) is 6.88. The molecule has 1 N–H and O–H groups in total. The van der Waals surface area contributed by atoms with Gasteiger partial charge in [0, 0.05) is 17.8 Å². The van der Waals surface area contributed by atoms with Gasteiger partial charge in [0.05, 0.1) is 22.2 Å². The second kappa shape index (κ2) is 8.97. The van der Waals surface area contributed by atoms with Gasteiger partial charge in [-0.2, -0.15) is 4.99 Å². The molecule has 4 rings (SSSR count). The number of thiazole rings is 1. The average Bonchev–Trinajstić information content (AvgIpc) is 3.15. The Morgan fingerprint density at radius 3 is 2.44 bits per heavy atom. The van der Waals surface area contributed by atoms with Crippen molar-refractivity contribution >= 4 is 43.2 Å². The molecule has 0 aliphatic carbocycles. The smallest absolute Gasteiger partial charge is 0.279 e. The van der Waals surface area contributed by atoms with Crippen molar-refractivity contribution in [1.29, 1.82) is 0 Å². The minimum Gasteiger partial charge on any atom is -0.497 e. The lowest BCUT2D eigenvalue weighted by Crippen LogP contribution is -2.16. The number of anilines is 1. The van der Waals surface area contributed by atoms with E-state index in [2.05, 4.69) is 9.71 Å². The summed E-state index contributed by atoms with van der Waals surface area (Å²) in [6.07, 6.45) is 0. The fourth-order valence-corrected chi connectivity index (χ4v) is 5.42. The number of fused-ring (bicyclic) bond motifs is 1. The van der Waals surface area contributed by atoms with Gasteiger partial charge in [0.1, 0.15) is 5.75 Å².